The molecule has 26 heavy (non-hydrogen) atoms. The Kier molecular flexibility index (Phi) is 4.97. The summed E-state index contributed by atoms with van der Waals surface area (Å²) < 4.78 is 28.8. The van der Waals surface area contributed by atoms with E-state index in [-0.39, 0.29) is 17.4 Å². The molecule has 1 aromatic carbocycles. The number of pyridine rings is 1. The highest BCUT2D eigenvalue weighted by Crippen LogP contribution is 2.25. The Morgan fingerprint density at radius 2 is 2.04 bits per heavy atom. The lowest BCUT2D eigenvalue weighted by Gasteiger charge is -2.18. The SMILES string of the molecule is CO[C@@H]1CS(=O)(=O)C[C@H]1NC(=O)c1cccc(-c2ccc(C)nc2N)c1. The van der Waals surface area contributed by atoms with E-state index in [0.29, 0.717) is 11.4 Å². The van der Waals surface area contributed by atoms with Crippen molar-refractivity contribution >= 4 is 21.6 Å². The van der Waals surface area contributed by atoms with Gasteiger partial charge in [-0.3, -0.25) is 4.79 Å². The third-order valence-electron chi connectivity index (χ3n) is 4.42. The van der Waals surface area contributed by atoms with Gasteiger partial charge in [-0.25, -0.2) is 13.4 Å². The number of sulfone groups is 1. The number of carbonyl (C=O) groups is 1. The van der Waals surface area contributed by atoms with Crippen LogP contribution in [0.5, 0.6) is 0 Å². The van der Waals surface area contributed by atoms with Crippen LogP contribution in [0, 0.1) is 6.92 Å². The molecule has 1 aromatic heterocycles. The Hall–Kier alpha value is -2.45. The van der Waals surface area contributed by atoms with Crippen LogP contribution in [0.1, 0.15) is 16.1 Å². The molecule has 0 saturated carbocycles. The second-order valence-electron chi connectivity index (χ2n) is 6.40. The minimum absolute atomic E-state index is 0.0833. The van der Waals surface area contributed by atoms with Gasteiger partial charge in [-0.1, -0.05) is 12.1 Å². The van der Waals surface area contributed by atoms with Crippen LogP contribution in [-0.4, -0.2) is 50.1 Å². The molecule has 0 aliphatic carbocycles. The quantitative estimate of drug-likeness (QED) is 0.830. The van der Waals surface area contributed by atoms with Crippen LogP contribution in [0.2, 0.25) is 0 Å². The number of nitrogens with two attached hydrogens (primary N) is 1. The van der Waals surface area contributed by atoms with Crippen LogP contribution < -0.4 is 11.1 Å². The molecule has 7 nitrogen and oxygen atoms in total. The van der Waals surface area contributed by atoms with Crippen molar-refractivity contribution in [2.45, 2.75) is 19.1 Å². The third kappa shape index (κ3) is 3.86. The van der Waals surface area contributed by atoms with Gasteiger partial charge in [0, 0.05) is 23.9 Å². The number of nitrogen functional groups attached to an aromatic ring is 1. The number of benzene rings is 1. The summed E-state index contributed by atoms with van der Waals surface area (Å²) in [6, 6.07) is 10.1. The molecule has 1 aliphatic heterocycles. The van der Waals surface area contributed by atoms with Crippen molar-refractivity contribution < 1.29 is 17.9 Å². The highest BCUT2D eigenvalue weighted by molar-refractivity contribution is 7.91. The smallest absolute Gasteiger partial charge is 0.251 e. The van der Waals surface area contributed by atoms with Crippen molar-refractivity contribution in [3.8, 4) is 11.1 Å². The molecule has 0 unspecified atom stereocenters. The fourth-order valence-electron chi connectivity index (χ4n) is 3.08. The predicted molar refractivity (Wildman–Crippen MR) is 99.5 cm³/mol. The Labute approximate surface area is 152 Å². The number of ether oxygens (including phenoxy) is 1. The summed E-state index contributed by atoms with van der Waals surface area (Å²) in [7, 11) is -1.77. The van der Waals surface area contributed by atoms with Crippen LogP contribution in [0.4, 0.5) is 5.82 Å². The van der Waals surface area contributed by atoms with Crippen molar-refractivity contribution in [3.05, 3.63) is 47.7 Å². The number of nitrogens with one attached hydrogen (secondary N) is 1. The Balaban J connectivity index is 1.83. The average molecular weight is 375 g/mol. The number of aromatic nitrogens is 1. The van der Waals surface area contributed by atoms with E-state index in [1.54, 1.807) is 18.2 Å². The molecule has 3 rings (SSSR count). The van der Waals surface area contributed by atoms with Crippen molar-refractivity contribution in [1.29, 1.82) is 0 Å². The van der Waals surface area contributed by atoms with E-state index >= 15 is 0 Å². The number of hydrogen-bond acceptors (Lipinski definition) is 6. The van der Waals surface area contributed by atoms with Crippen LogP contribution >= 0.6 is 0 Å². The fourth-order valence-corrected chi connectivity index (χ4v) is 4.93. The number of rotatable bonds is 4. The first kappa shape index (κ1) is 18.3. The van der Waals surface area contributed by atoms with E-state index in [0.717, 1.165) is 16.8 Å². The molecule has 8 heteroatoms. The van der Waals surface area contributed by atoms with Gasteiger partial charge in [0.25, 0.3) is 5.91 Å². The maximum Gasteiger partial charge on any atom is 0.251 e. The van der Waals surface area contributed by atoms with Crippen LogP contribution in [0.15, 0.2) is 36.4 Å². The summed E-state index contributed by atoms with van der Waals surface area (Å²) in [5, 5.41) is 2.76. The van der Waals surface area contributed by atoms with E-state index in [1.807, 2.05) is 25.1 Å². The molecule has 0 radical (unpaired) electrons. The summed E-state index contributed by atoms with van der Waals surface area (Å²) in [4.78, 5) is 16.8. The Morgan fingerprint density at radius 3 is 2.73 bits per heavy atom. The number of nitrogens with zero attached hydrogens (tertiary/aromatic N) is 1. The van der Waals surface area contributed by atoms with Gasteiger partial charge >= 0.3 is 0 Å². The number of aryl methyl sites for hydroxylation is 1. The molecule has 1 fully saturated rings. The molecule has 2 heterocycles. The highest BCUT2D eigenvalue weighted by Gasteiger charge is 2.38. The predicted octanol–water partition coefficient (Wildman–Crippen LogP) is 1.18. The summed E-state index contributed by atoms with van der Waals surface area (Å²) in [6.07, 6.45) is -0.538. The average Bonchev–Trinajstić information content (AvgIpc) is 2.88. The van der Waals surface area contributed by atoms with E-state index < -0.39 is 22.0 Å². The Morgan fingerprint density at radius 1 is 1.27 bits per heavy atom. The van der Waals surface area contributed by atoms with Crippen LogP contribution in [0.3, 0.4) is 0 Å². The van der Waals surface area contributed by atoms with Crippen LogP contribution in [-0.2, 0) is 14.6 Å². The van der Waals surface area contributed by atoms with Gasteiger partial charge < -0.3 is 15.8 Å². The zero-order valence-electron chi connectivity index (χ0n) is 14.6. The molecule has 3 N–H and O–H groups in total. The van der Waals surface area contributed by atoms with Crippen molar-refractivity contribution in [2.24, 2.45) is 0 Å². The van der Waals surface area contributed by atoms with E-state index in [1.165, 1.54) is 7.11 Å². The minimum Gasteiger partial charge on any atom is -0.383 e. The molecule has 2 atom stereocenters. The van der Waals surface area contributed by atoms with E-state index in [9.17, 15) is 13.2 Å². The molecule has 1 aliphatic rings. The number of anilines is 1. The number of methoxy groups -OCH3 is 1. The molecule has 0 spiro atoms. The zero-order chi connectivity index (χ0) is 18.9. The van der Waals surface area contributed by atoms with E-state index in [2.05, 4.69) is 10.3 Å². The summed E-state index contributed by atoms with van der Waals surface area (Å²) >= 11 is 0. The standard InChI is InChI=1S/C18H21N3O4S/c1-11-6-7-14(17(19)20-11)12-4-3-5-13(8-12)18(22)21-15-9-26(23,24)10-16(15)25-2/h3-8,15-16H,9-10H2,1-2H3,(H2,19,20)(H,21,22)/t15-,16-/m1/s1. The van der Waals surface area contributed by atoms with Gasteiger partial charge in [0.1, 0.15) is 5.82 Å². The lowest BCUT2D eigenvalue weighted by atomic mass is 10.0. The third-order valence-corrected chi connectivity index (χ3v) is 6.12. The van der Waals surface area contributed by atoms with Crippen molar-refractivity contribution in [1.82, 2.24) is 10.3 Å². The highest BCUT2D eigenvalue weighted by atomic mass is 32.2. The first-order chi connectivity index (χ1) is 12.3. The van der Waals surface area contributed by atoms with Gasteiger partial charge in [0.05, 0.1) is 23.7 Å². The monoisotopic (exact) mass is 375 g/mol. The lowest BCUT2D eigenvalue weighted by Crippen LogP contribution is -2.43. The first-order valence-electron chi connectivity index (χ1n) is 8.17. The van der Waals surface area contributed by atoms with Gasteiger partial charge in [0.2, 0.25) is 0 Å². The molecule has 2 aromatic rings. The first-order valence-corrected chi connectivity index (χ1v) is 9.99. The maximum atomic E-state index is 12.6. The lowest BCUT2D eigenvalue weighted by molar-refractivity contribution is 0.0786. The summed E-state index contributed by atoms with van der Waals surface area (Å²) in [6.45, 7) is 1.85. The topological polar surface area (TPSA) is 111 Å². The molecule has 0 bridgehead atoms. The molecule has 138 valence electrons. The van der Waals surface area contributed by atoms with E-state index in [4.69, 9.17) is 10.5 Å². The number of carbonyl (C=O) groups excluding carboxylic acids is 1. The van der Waals surface area contributed by atoms with Crippen molar-refractivity contribution in [2.75, 3.05) is 24.3 Å². The normalized spacial score (nSPS) is 21.5. The Bertz CT molecular complexity index is 943. The van der Waals surface area contributed by atoms with Gasteiger partial charge in [-0.15, -0.1) is 0 Å². The number of hydrogen-bond donors (Lipinski definition) is 2. The summed E-state index contributed by atoms with van der Waals surface area (Å²) in [5.74, 6) is -0.162. The summed E-state index contributed by atoms with van der Waals surface area (Å²) in [5.41, 5.74) is 8.72. The van der Waals surface area contributed by atoms with Gasteiger partial charge in [-0.2, -0.15) is 0 Å². The zero-order valence-corrected chi connectivity index (χ0v) is 15.4. The molecular weight excluding hydrogens is 354 g/mol. The second kappa shape index (κ2) is 7.05. The molecule has 1 amide bonds. The molecule has 1 saturated heterocycles. The molecular formula is C18H21N3O4S. The number of amides is 1. The van der Waals surface area contributed by atoms with Crippen LogP contribution in [0.25, 0.3) is 11.1 Å². The van der Waals surface area contributed by atoms with Gasteiger partial charge in [0.15, 0.2) is 9.84 Å². The minimum atomic E-state index is -3.21. The van der Waals surface area contributed by atoms with Gasteiger partial charge in [-0.05, 0) is 36.8 Å². The second-order valence-corrected chi connectivity index (χ2v) is 8.55. The van der Waals surface area contributed by atoms with Crippen molar-refractivity contribution in [3.63, 3.8) is 0 Å². The fraction of sp³-hybridized carbons (Fsp3) is 0.333. The largest absolute Gasteiger partial charge is 0.383 e. The maximum absolute atomic E-state index is 12.6.